The molecule has 150 valence electrons. The summed E-state index contributed by atoms with van der Waals surface area (Å²) in [6.45, 7) is 0.470. The van der Waals surface area contributed by atoms with Crippen molar-refractivity contribution < 1.29 is 13.2 Å². The third-order valence-electron chi connectivity index (χ3n) is 4.86. The molecule has 2 aromatic carbocycles. The summed E-state index contributed by atoms with van der Waals surface area (Å²) in [6.07, 6.45) is 3.00. The Labute approximate surface area is 174 Å². The van der Waals surface area contributed by atoms with Gasteiger partial charge >= 0.3 is 0 Å². The monoisotopic (exact) mass is 427 g/mol. The van der Waals surface area contributed by atoms with Crippen LogP contribution < -0.4 is 9.62 Å². The summed E-state index contributed by atoms with van der Waals surface area (Å²) in [6, 6.07) is 15.6. The number of sulfonamides is 1. The average molecular weight is 428 g/mol. The predicted octanol–water partition coefficient (Wildman–Crippen LogP) is 3.70. The van der Waals surface area contributed by atoms with Crippen molar-refractivity contribution in [3.63, 3.8) is 0 Å². The van der Waals surface area contributed by atoms with E-state index in [2.05, 4.69) is 10.3 Å². The number of amides is 1. The second kappa shape index (κ2) is 7.96. The van der Waals surface area contributed by atoms with Crippen molar-refractivity contribution in [1.29, 1.82) is 0 Å². The Morgan fingerprint density at radius 2 is 2.00 bits per heavy atom. The van der Waals surface area contributed by atoms with Crippen LogP contribution >= 0.6 is 11.3 Å². The summed E-state index contributed by atoms with van der Waals surface area (Å²) in [4.78, 5) is 16.7. The average Bonchev–Trinajstić information content (AvgIpc) is 3.33. The van der Waals surface area contributed by atoms with Crippen LogP contribution in [-0.2, 0) is 27.7 Å². The number of carbonyl (C=O) groups is 1. The van der Waals surface area contributed by atoms with E-state index in [4.69, 9.17) is 0 Å². The highest BCUT2D eigenvalue weighted by molar-refractivity contribution is 7.92. The molecule has 0 fully saturated rings. The highest BCUT2D eigenvalue weighted by Gasteiger charge is 2.26. The summed E-state index contributed by atoms with van der Waals surface area (Å²) >= 11 is 1.38. The van der Waals surface area contributed by atoms with Gasteiger partial charge in [0.15, 0.2) is 5.13 Å². The molecule has 0 atom stereocenters. The largest absolute Gasteiger partial charge is 0.302 e. The third-order valence-corrected chi connectivity index (χ3v) is 6.80. The van der Waals surface area contributed by atoms with Crippen LogP contribution in [-0.4, -0.2) is 32.1 Å². The zero-order valence-corrected chi connectivity index (χ0v) is 17.6. The van der Waals surface area contributed by atoms with Gasteiger partial charge in [0.25, 0.3) is 0 Å². The van der Waals surface area contributed by atoms with Crippen molar-refractivity contribution in [1.82, 2.24) is 4.98 Å². The zero-order chi connectivity index (χ0) is 20.4. The number of thiazole rings is 1. The minimum absolute atomic E-state index is 0.0625. The van der Waals surface area contributed by atoms with Crippen molar-refractivity contribution >= 4 is 38.1 Å². The van der Waals surface area contributed by atoms with Crippen molar-refractivity contribution in [3.8, 4) is 11.3 Å². The lowest BCUT2D eigenvalue weighted by Crippen LogP contribution is -2.27. The lowest BCUT2D eigenvalue weighted by atomic mass is 10.1. The van der Waals surface area contributed by atoms with E-state index in [0.717, 1.165) is 28.1 Å². The summed E-state index contributed by atoms with van der Waals surface area (Å²) in [7, 11) is -3.26. The van der Waals surface area contributed by atoms with E-state index in [1.807, 2.05) is 53.9 Å². The summed E-state index contributed by atoms with van der Waals surface area (Å²) in [5.74, 6) is -0.0625. The van der Waals surface area contributed by atoms with Crippen LogP contribution in [0.4, 0.5) is 10.8 Å². The van der Waals surface area contributed by atoms with Gasteiger partial charge < -0.3 is 5.32 Å². The van der Waals surface area contributed by atoms with Crippen LogP contribution in [0.25, 0.3) is 11.3 Å². The molecule has 1 N–H and O–H groups in total. The van der Waals surface area contributed by atoms with Crippen LogP contribution in [0.2, 0.25) is 0 Å². The number of carbonyl (C=O) groups excluding carboxylic acids is 1. The molecule has 29 heavy (non-hydrogen) atoms. The van der Waals surface area contributed by atoms with Crippen LogP contribution in [0.1, 0.15) is 17.5 Å². The maximum atomic E-state index is 12.2. The lowest BCUT2D eigenvalue weighted by molar-refractivity contribution is -0.116. The van der Waals surface area contributed by atoms with Crippen molar-refractivity contribution in [2.45, 2.75) is 19.3 Å². The number of aromatic nitrogens is 1. The number of benzene rings is 2. The number of hydrogen-bond acceptors (Lipinski definition) is 5. The van der Waals surface area contributed by atoms with Gasteiger partial charge in [0, 0.05) is 23.9 Å². The number of hydrogen-bond donors (Lipinski definition) is 1. The summed E-state index contributed by atoms with van der Waals surface area (Å²) in [5, 5.41) is 5.33. The second-order valence-corrected chi connectivity index (χ2v) is 9.77. The highest BCUT2D eigenvalue weighted by atomic mass is 32.2. The Hall–Kier alpha value is -2.71. The summed E-state index contributed by atoms with van der Waals surface area (Å²) < 4.78 is 25.2. The molecule has 0 spiro atoms. The fourth-order valence-corrected chi connectivity index (χ4v) is 5.12. The molecule has 1 aliphatic rings. The standard InChI is InChI=1S/C21H21N3O3S2/c1-29(26,27)24-12-11-17-13-16(8-9-19(17)24)18-14-28-21(22-18)23-20(25)10-7-15-5-3-2-4-6-15/h2-6,8-9,13-14H,7,10-12H2,1H3,(H,22,23,25). The van der Waals surface area contributed by atoms with Crippen LogP contribution in [0.3, 0.4) is 0 Å². The first-order valence-electron chi connectivity index (χ1n) is 9.30. The molecule has 0 saturated carbocycles. The molecular weight excluding hydrogens is 406 g/mol. The first-order valence-corrected chi connectivity index (χ1v) is 12.0. The van der Waals surface area contributed by atoms with Gasteiger partial charge in [0.1, 0.15) is 0 Å². The number of anilines is 2. The molecule has 0 aliphatic carbocycles. The van der Waals surface area contributed by atoms with Gasteiger partial charge in [-0.05, 0) is 36.1 Å². The maximum absolute atomic E-state index is 12.2. The van der Waals surface area contributed by atoms with Gasteiger partial charge in [-0.15, -0.1) is 11.3 Å². The summed E-state index contributed by atoms with van der Waals surface area (Å²) in [5.41, 5.74) is 4.55. The number of nitrogens with one attached hydrogen (secondary N) is 1. The lowest BCUT2D eigenvalue weighted by Gasteiger charge is -2.16. The fraction of sp³-hybridized carbons (Fsp3) is 0.238. The topological polar surface area (TPSA) is 79.4 Å². The molecule has 2 heterocycles. The van der Waals surface area contributed by atoms with Crippen molar-refractivity contribution in [2.75, 3.05) is 22.4 Å². The highest BCUT2D eigenvalue weighted by Crippen LogP contribution is 2.34. The number of fused-ring (bicyclic) bond motifs is 1. The number of nitrogens with zero attached hydrogens (tertiary/aromatic N) is 2. The molecule has 0 radical (unpaired) electrons. The SMILES string of the molecule is CS(=O)(=O)N1CCc2cc(-c3csc(NC(=O)CCc4ccccc4)n3)ccc21. The quantitative estimate of drug-likeness (QED) is 0.650. The molecule has 0 saturated heterocycles. The van der Waals surface area contributed by atoms with Gasteiger partial charge in [0.2, 0.25) is 15.9 Å². The second-order valence-electron chi connectivity index (χ2n) is 7.00. The van der Waals surface area contributed by atoms with Gasteiger partial charge in [-0.1, -0.05) is 36.4 Å². The minimum Gasteiger partial charge on any atom is -0.302 e. The zero-order valence-electron chi connectivity index (χ0n) is 16.0. The van der Waals surface area contributed by atoms with Crippen molar-refractivity contribution in [2.24, 2.45) is 0 Å². The molecule has 0 unspecified atom stereocenters. The maximum Gasteiger partial charge on any atom is 0.232 e. The van der Waals surface area contributed by atoms with E-state index >= 15 is 0 Å². The number of aryl methyl sites for hydroxylation is 1. The van der Waals surface area contributed by atoms with Gasteiger partial charge in [-0.3, -0.25) is 9.10 Å². The molecule has 1 aromatic heterocycles. The van der Waals surface area contributed by atoms with E-state index in [9.17, 15) is 13.2 Å². The predicted molar refractivity (Wildman–Crippen MR) is 117 cm³/mol. The van der Waals surface area contributed by atoms with Crippen LogP contribution in [0.5, 0.6) is 0 Å². The van der Waals surface area contributed by atoms with E-state index < -0.39 is 10.0 Å². The van der Waals surface area contributed by atoms with Gasteiger partial charge in [0.05, 0.1) is 17.6 Å². The first kappa shape index (κ1) is 19.6. The van der Waals surface area contributed by atoms with Gasteiger partial charge in [-0.2, -0.15) is 0 Å². The Morgan fingerprint density at radius 1 is 1.21 bits per heavy atom. The molecule has 4 rings (SSSR count). The normalized spacial score (nSPS) is 13.3. The van der Waals surface area contributed by atoms with E-state index in [1.165, 1.54) is 21.9 Å². The Kier molecular flexibility index (Phi) is 5.38. The minimum atomic E-state index is -3.26. The molecule has 0 bridgehead atoms. The Balaban J connectivity index is 1.42. The van der Waals surface area contributed by atoms with Crippen LogP contribution in [0, 0.1) is 0 Å². The smallest absolute Gasteiger partial charge is 0.232 e. The number of rotatable bonds is 6. The molecule has 1 amide bonds. The molecule has 8 heteroatoms. The Morgan fingerprint density at radius 3 is 2.76 bits per heavy atom. The van der Waals surface area contributed by atoms with E-state index in [1.54, 1.807) is 0 Å². The van der Waals surface area contributed by atoms with Crippen LogP contribution in [0.15, 0.2) is 53.9 Å². The Bertz CT molecular complexity index is 1140. The third kappa shape index (κ3) is 4.49. The van der Waals surface area contributed by atoms with E-state index in [-0.39, 0.29) is 5.91 Å². The fourth-order valence-electron chi connectivity index (χ4n) is 3.42. The molecule has 3 aromatic rings. The molecule has 1 aliphatic heterocycles. The van der Waals surface area contributed by atoms with Gasteiger partial charge in [-0.25, -0.2) is 13.4 Å². The van der Waals surface area contributed by atoms with E-state index in [0.29, 0.717) is 30.9 Å². The molecule has 6 nitrogen and oxygen atoms in total. The van der Waals surface area contributed by atoms with Crippen molar-refractivity contribution in [3.05, 3.63) is 65.0 Å². The molecular formula is C21H21N3O3S2. The first-order chi connectivity index (χ1) is 13.9.